The molecule has 1 rings (SSSR count). The molecular formula is C15H24N2OS. The van der Waals surface area contributed by atoms with E-state index in [-0.39, 0.29) is 5.91 Å². The molecule has 0 radical (unpaired) electrons. The molecule has 0 spiro atoms. The standard InChI is InChI=1S/C15H24N2OS/c1-10(2)12(4)19-9-8-15(18)17-14-7-5-6-13(16)11(14)3/h5-7,10,12H,8-9,16H2,1-4H3,(H,17,18). The first-order valence-corrected chi connectivity index (χ1v) is 7.73. The number of hydrogen-bond acceptors (Lipinski definition) is 3. The minimum absolute atomic E-state index is 0.0529. The van der Waals surface area contributed by atoms with Crippen molar-refractivity contribution < 1.29 is 4.79 Å². The molecule has 1 aromatic carbocycles. The average molecular weight is 280 g/mol. The molecule has 0 aliphatic carbocycles. The van der Waals surface area contributed by atoms with Gasteiger partial charge in [-0.15, -0.1) is 0 Å². The molecule has 1 unspecified atom stereocenters. The molecule has 0 fully saturated rings. The van der Waals surface area contributed by atoms with Crippen LogP contribution in [0.3, 0.4) is 0 Å². The molecule has 1 aromatic rings. The van der Waals surface area contributed by atoms with Crippen LogP contribution in [0.2, 0.25) is 0 Å². The highest BCUT2D eigenvalue weighted by Crippen LogP contribution is 2.22. The Kier molecular flexibility index (Phi) is 6.22. The van der Waals surface area contributed by atoms with Crippen molar-refractivity contribution in [3.63, 3.8) is 0 Å². The Balaban J connectivity index is 2.41. The quantitative estimate of drug-likeness (QED) is 0.781. The Bertz CT molecular complexity index is 432. The predicted molar refractivity (Wildman–Crippen MR) is 85.6 cm³/mol. The fourth-order valence-electron chi connectivity index (χ4n) is 1.53. The maximum absolute atomic E-state index is 11.9. The van der Waals surface area contributed by atoms with E-state index in [9.17, 15) is 4.79 Å². The monoisotopic (exact) mass is 280 g/mol. The molecule has 0 saturated heterocycles. The van der Waals surface area contributed by atoms with Gasteiger partial charge in [0.05, 0.1) is 0 Å². The number of amides is 1. The summed E-state index contributed by atoms with van der Waals surface area (Å²) in [6, 6.07) is 5.58. The van der Waals surface area contributed by atoms with Crippen LogP contribution in [-0.4, -0.2) is 16.9 Å². The van der Waals surface area contributed by atoms with Crippen molar-refractivity contribution >= 4 is 29.0 Å². The molecule has 0 saturated carbocycles. The third-order valence-corrected chi connectivity index (χ3v) is 4.81. The molecule has 0 aliphatic heterocycles. The summed E-state index contributed by atoms with van der Waals surface area (Å²) in [6.45, 7) is 8.53. The number of benzene rings is 1. The number of nitrogen functional groups attached to an aromatic ring is 1. The highest BCUT2D eigenvalue weighted by atomic mass is 32.2. The number of nitrogens with one attached hydrogen (secondary N) is 1. The maximum Gasteiger partial charge on any atom is 0.225 e. The second-order valence-electron chi connectivity index (χ2n) is 5.14. The molecule has 0 heterocycles. The van der Waals surface area contributed by atoms with Crippen LogP contribution in [-0.2, 0) is 4.79 Å². The first kappa shape index (κ1) is 15.9. The van der Waals surface area contributed by atoms with Crippen LogP contribution in [0.5, 0.6) is 0 Å². The minimum Gasteiger partial charge on any atom is -0.398 e. The molecule has 1 atom stereocenters. The molecule has 1 amide bonds. The van der Waals surface area contributed by atoms with Gasteiger partial charge in [0.15, 0.2) is 0 Å². The van der Waals surface area contributed by atoms with Crippen LogP contribution in [0, 0.1) is 12.8 Å². The van der Waals surface area contributed by atoms with Crippen LogP contribution in [0.25, 0.3) is 0 Å². The van der Waals surface area contributed by atoms with E-state index in [4.69, 9.17) is 5.73 Å². The van der Waals surface area contributed by atoms with Gasteiger partial charge in [0.1, 0.15) is 0 Å². The summed E-state index contributed by atoms with van der Waals surface area (Å²) >= 11 is 1.85. The van der Waals surface area contributed by atoms with Gasteiger partial charge in [0, 0.05) is 28.8 Å². The second-order valence-corrected chi connectivity index (χ2v) is 6.62. The van der Waals surface area contributed by atoms with Gasteiger partial charge >= 0.3 is 0 Å². The average Bonchev–Trinajstić information content (AvgIpc) is 2.34. The van der Waals surface area contributed by atoms with Gasteiger partial charge in [-0.05, 0) is 30.5 Å². The van der Waals surface area contributed by atoms with Crippen LogP contribution in [0.4, 0.5) is 11.4 Å². The van der Waals surface area contributed by atoms with E-state index in [0.29, 0.717) is 23.3 Å². The number of anilines is 2. The second kappa shape index (κ2) is 7.43. The molecule has 106 valence electrons. The first-order valence-electron chi connectivity index (χ1n) is 6.68. The zero-order valence-electron chi connectivity index (χ0n) is 12.2. The van der Waals surface area contributed by atoms with Crippen molar-refractivity contribution in [3.8, 4) is 0 Å². The molecule has 19 heavy (non-hydrogen) atoms. The summed E-state index contributed by atoms with van der Waals surface area (Å²) in [6.07, 6.45) is 0.538. The highest BCUT2D eigenvalue weighted by molar-refractivity contribution is 7.99. The molecule has 3 nitrogen and oxygen atoms in total. The van der Waals surface area contributed by atoms with Gasteiger partial charge in [-0.3, -0.25) is 4.79 Å². The summed E-state index contributed by atoms with van der Waals surface area (Å²) in [5.41, 5.74) is 8.26. The third-order valence-electron chi connectivity index (χ3n) is 3.30. The Morgan fingerprint density at radius 2 is 2.05 bits per heavy atom. The van der Waals surface area contributed by atoms with Gasteiger partial charge in [-0.25, -0.2) is 0 Å². The molecule has 4 heteroatoms. The first-order chi connectivity index (χ1) is 8.91. The van der Waals surface area contributed by atoms with E-state index < -0.39 is 0 Å². The summed E-state index contributed by atoms with van der Waals surface area (Å²) in [7, 11) is 0. The zero-order valence-corrected chi connectivity index (χ0v) is 13.0. The van der Waals surface area contributed by atoms with E-state index in [1.165, 1.54) is 0 Å². The van der Waals surface area contributed by atoms with Gasteiger partial charge in [-0.2, -0.15) is 11.8 Å². The Labute approximate surface area is 120 Å². The molecule has 0 bridgehead atoms. The predicted octanol–water partition coefficient (Wildman–Crippen LogP) is 3.68. The number of thioether (sulfide) groups is 1. The van der Waals surface area contributed by atoms with E-state index >= 15 is 0 Å². The molecule has 0 aliphatic rings. The zero-order chi connectivity index (χ0) is 14.4. The van der Waals surface area contributed by atoms with Crippen LogP contribution in [0.1, 0.15) is 32.8 Å². The van der Waals surface area contributed by atoms with Gasteiger partial charge < -0.3 is 11.1 Å². The fraction of sp³-hybridized carbons (Fsp3) is 0.533. The van der Waals surface area contributed by atoms with Gasteiger partial charge in [-0.1, -0.05) is 26.8 Å². The van der Waals surface area contributed by atoms with E-state index in [2.05, 4.69) is 26.1 Å². The Hall–Kier alpha value is -1.16. The molecule has 3 N–H and O–H groups in total. The minimum atomic E-state index is 0.0529. The Morgan fingerprint density at radius 1 is 1.37 bits per heavy atom. The van der Waals surface area contributed by atoms with Crippen LogP contribution >= 0.6 is 11.8 Å². The largest absolute Gasteiger partial charge is 0.398 e. The summed E-state index contributed by atoms with van der Waals surface area (Å²) in [5.74, 6) is 1.55. The lowest BCUT2D eigenvalue weighted by Crippen LogP contribution is -2.15. The lowest BCUT2D eigenvalue weighted by Gasteiger charge is -2.15. The molecular weight excluding hydrogens is 256 g/mol. The van der Waals surface area contributed by atoms with Crippen molar-refractivity contribution in [3.05, 3.63) is 23.8 Å². The van der Waals surface area contributed by atoms with Crippen molar-refractivity contribution in [1.82, 2.24) is 0 Å². The van der Waals surface area contributed by atoms with Crippen LogP contribution < -0.4 is 11.1 Å². The van der Waals surface area contributed by atoms with Crippen molar-refractivity contribution in [2.24, 2.45) is 5.92 Å². The van der Waals surface area contributed by atoms with Crippen molar-refractivity contribution in [2.45, 2.75) is 39.4 Å². The Morgan fingerprint density at radius 3 is 2.68 bits per heavy atom. The normalized spacial score (nSPS) is 12.5. The number of carbonyl (C=O) groups is 1. The highest BCUT2D eigenvalue weighted by Gasteiger charge is 2.10. The fourth-order valence-corrected chi connectivity index (χ4v) is 2.59. The van der Waals surface area contributed by atoms with E-state index in [1.54, 1.807) is 0 Å². The SMILES string of the molecule is Cc1c(N)cccc1NC(=O)CCSC(C)C(C)C. The number of carbonyl (C=O) groups excluding carboxylic acids is 1. The van der Waals surface area contributed by atoms with Crippen LogP contribution in [0.15, 0.2) is 18.2 Å². The number of nitrogens with two attached hydrogens (primary N) is 1. The lowest BCUT2D eigenvalue weighted by molar-refractivity contribution is -0.115. The number of hydrogen-bond donors (Lipinski definition) is 2. The van der Waals surface area contributed by atoms with E-state index in [1.807, 2.05) is 36.9 Å². The summed E-state index contributed by atoms with van der Waals surface area (Å²) in [5, 5.41) is 3.51. The topological polar surface area (TPSA) is 55.1 Å². The summed E-state index contributed by atoms with van der Waals surface area (Å²) in [4.78, 5) is 11.9. The maximum atomic E-state index is 11.9. The van der Waals surface area contributed by atoms with Crippen molar-refractivity contribution in [1.29, 1.82) is 0 Å². The van der Waals surface area contributed by atoms with Gasteiger partial charge in [0.25, 0.3) is 0 Å². The molecule has 0 aromatic heterocycles. The van der Waals surface area contributed by atoms with E-state index in [0.717, 1.165) is 17.0 Å². The number of rotatable bonds is 6. The van der Waals surface area contributed by atoms with Gasteiger partial charge in [0.2, 0.25) is 5.91 Å². The lowest BCUT2D eigenvalue weighted by atomic mass is 10.1. The third kappa shape index (κ3) is 5.15. The smallest absolute Gasteiger partial charge is 0.225 e. The summed E-state index contributed by atoms with van der Waals surface area (Å²) < 4.78 is 0. The van der Waals surface area contributed by atoms with Crippen molar-refractivity contribution in [2.75, 3.05) is 16.8 Å².